The first-order valence-electron chi connectivity index (χ1n) is 15.0. The summed E-state index contributed by atoms with van der Waals surface area (Å²) >= 11 is 0. The van der Waals surface area contributed by atoms with E-state index in [9.17, 15) is 32.7 Å². The van der Waals surface area contributed by atoms with Crippen LogP contribution in [0.2, 0.25) is 0 Å². The van der Waals surface area contributed by atoms with Gasteiger partial charge in [-0.05, 0) is 49.4 Å². The molecule has 5 rings (SSSR count). The van der Waals surface area contributed by atoms with E-state index >= 15 is 0 Å². The van der Waals surface area contributed by atoms with Crippen molar-refractivity contribution in [3.05, 3.63) is 60.2 Å². The Morgan fingerprint density at radius 3 is 2.49 bits per heavy atom. The molecule has 5 atom stereocenters. The second-order valence-corrected chi connectivity index (χ2v) is 14.5. The molecule has 2 aromatic rings. The highest BCUT2D eigenvalue weighted by Gasteiger charge is 2.50. The molecule has 4 N–H and O–H groups in total. The largest absolute Gasteiger partial charge is 0.469 e. The number of benzene rings is 2. The van der Waals surface area contributed by atoms with E-state index in [2.05, 4.69) is 5.32 Å². The molecule has 0 spiro atoms. The Kier molecular flexibility index (Phi) is 10.8. The monoisotopic (exact) mass is 669 g/mol. The summed E-state index contributed by atoms with van der Waals surface area (Å²) in [5.74, 6) is -0.325. The molecule has 1 aliphatic carbocycles. The summed E-state index contributed by atoms with van der Waals surface area (Å²) in [6.45, 7) is -0.335. The van der Waals surface area contributed by atoms with E-state index in [1.807, 2.05) is 0 Å². The number of ether oxygens (including phenoxy) is 2. The minimum atomic E-state index is -5.30. The fourth-order valence-corrected chi connectivity index (χ4v) is 8.26. The summed E-state index contributed by atoms with van der Waals surface area (Å²) in [5.41, 5.74) is 1.17. The van der Waals surface area contributed by atoms with E-state index in [1.165, 1.54) is 12.1 Å². The summed E-state index contributed by atoms with van der Waals surface area (Å²) in [6, 6.07) is 12.8. The molecular weight excluding hydrogens is 629 g/mol. The van der Waals surface area contributed by atoms with Crippen molar-refractivity contribution in [2.45, 2.75) is 74.0 Å². The molecule has 2 aliphatic heterocycles. The molecule has 0 radical (unpaired) electrons. The van der Waals surface area contributed by atoms with Crippen LogP contribution in [0.1, 0.15) is 37.7 Å². The topological polar surface area (TPSA) is 184 Å². The Morgan fingerprint density at radius 1 is 1.09 bits per heavy atom. The van der Waals surface area contributed by atoms with E-state index in [4.69, 9.17) is 18.8 Å². The number of nitrogens with one attached hydrogen (secondary N) is 1. The molecule has 248 valence electrons. The number of hydrogen-bond acceptors (Lipinski definition) is 9. The lowest BCUT2D eigenvalue weighted by Crippen LogP contribution is -2.58. The summed E-state index contributed by atoms with van der Waals surface area (Å²) < 4.78 is 58.2. The third-order valence-electron chi connectivity index (χ3n) is 8.52. The van der Waals surface area contributed by atoms with Crippen LogP contribution in [-0.4, -0.2) is 96.2 Å². The number of phosphoric ester groups is 1. The fourth-order valence-electron chi connectivity index (χ4n) is 6.36. The van der Waals surface area contributed by atoms with E-state index in [1.54, 1.807) is 49.5 Å². The van der Waals surface area contributed by atoms with Gasteiger partial charge in [0.2, 0.25) is 0 Å². The van der Waals surface area contributed by atoms with Crippen LogP contribution >= 0.6 is 7.82 Å². The predicted octanol–water partition coefficient (Wildman–Crippen LogP) is 3.42. The van der Waals surface area contributed by atoms with E-state index in [-0.39, 0.29) is 23.8 Å². The number of sulfonamides is 1. The Labute approximate surface area is 262 Å². The number of amides is 1. The van der Waals surface area contributed by atoms with Gasteiger partial charge in [-0.25, -0.2) is 17.8 Å². The number of nitrogens with zero attached hydrogens (tertiary/aromatic N) is 2. The molecule has 0 bridgehead atoms. The van der Waals surface area contributed by atoms with Crippen LogP contribution in [0.5, 0.6) is 0 Å². The molecule has 3 aliphatic rings. The van der Waals surface area contributed by atoms with Gasteiger partial charge >= 0.3 is 13.9 Å². The minimum absolute atomic E-state index is 0.00699. The zero-order valence-corrected chi connectivity index (χ0v) is 26.6. The Morgan fingerprint density at radius 2 is 1.82 bits per heavy atom. The summed E-state index contributed by atoms with van der Waals surface area (Å²) in [7, 11) is -8.08. The minimum Gasteiger partial charge on any atom is -0.465 e. The Hall–Kier alpha value is -2.59. The highest BCUT2D eigenvalue weighted by Crippen LogP contribution is 2.42. The second kappa shape index (κ2) is 14.4. The average molecular weight is 670 g/mol. The van der Waals surface area contributed by atoms with Gasteiger partial charge in [0, 0.05) is 18.7 Å². The molecule has 3 fully saturated rings. The van der Waals surface area contributed by atoms with Gasteiger partial charge in [-0.1, -0.05) is 53.7 Å². The third kappa shape index (κ3) is 8.23. The first-order valence-corrected chi connectivity index (χ1v) is 17.9. The molecule has 2 saturated heterocycles. The first kappa shape index (κ1) is 33.8. The van der Waals surface area contributed by atoms with Gasteiger partial charge in [0.25, 0.3) is 10.0 Å². The van der Waals surface area contributed by atoms with E-state index in [0.29, 0.717) is 41.6 Å². The van der Waals surface area contributed by atoms with Crippen LogP contribution in [0.15, 0.2) is 59.5 Å². The SMILES string of the molecule is CNc1cccc(S(=O)(=O)N(C[C@@H](OP(=O)(O)O)C(Cc2ccccc2)N(C(=O)O)[C@H]2CO[C@H]3OCC[C@H]32)OC2CCCC2)c1. The maximum absolute atomic E-state index is 14.1. The summed E-state index contributed by atoms with van der Waals surface area (Å²) in [6.07, 6.45) is -0.807. The number of fused-ring (bicyclic) bond motifs is 1. The molecule has 2 heterocycles. The molecule has 2 aromatic carbocycles. The second-order valence-electron chi connectivity index (χ2n) is 11.5. The third-order valence-corrected chi connectivity index (χ3v) is 10.7. The number of hydrogen-bond donors (Lipinski definition) is 4. The van der Waals surface area contributed by atoms with Gasteiger partial charge < -0.3 is 29.7 Å². The van der Waals surface area contributed by atoms with Crippen LogP contribution in [0.3, 0.4) is 0 Å². The number of phosphoric acid groups is 1. The lowest BCUT2D eigenvalue weighted by molar-refractivity contribution is -0.147. The molecule has 16 heteroatoms. The lowest BCUT2D eigenvalue weighted by atomic mass is 9.93. The maximum atomic E-state index is 14.1. The van der Waals surface area contributed by atoms with Gasteiger partial charge in [-0.2, -0.15) is 0 Å². The van der Waals surface area contributed by atoms with Gasteiger partial charge in [-0.15, -0.1) is 0 Å². The van der Waals surface area contributed by atoms with E-state index < -0.39 is 61.1 Å². The lowest BCUT2D eigenvalue weighted by Gasteiger charge is -2.41. The predicted molar refractivity (Wildman–Crippen MR) is 162 cm³/mol. The smallest absolute Gasteiger partial charge is 0.465 e. The van der Waals surface area contributed by atoms with Gasteiger partial charge in [0.15, 0.2) is 6.29 Å². The zero-order chi connectivity index (χ0) is 32.2. The van der Waals surface area contributed by atoms with Crippen LogP contribution in [0, 0.1) is 5.92 Å². The molecule has 1 unspecified atom stereocenters. The number of anilines is 1. The number of hydroxylamine groups is 1. The number of rotatable bonds is 14. The highest BCUT2D eigenvalue weighted by atomic mass is 32.2. The molecule has 14 nitrogen and oxygen atoms in total. The maximum Gasteiger partial charge on any atom is 0.469 e. The standard InChI is InChI=1S/C29H40N3O11PS/c1-30-21-10-7-13-23(17-21)45(38,39)31(42-22-11-5-6-12-22)18-27(43-44(35,36)37)25(16-20-8-3-2-4-9-20)32(29(33)34)26-19-41-28-24(26)14-15-40-28/h2-4,7-10,13,17,22,24-28,30H,5-6,11-12,14-16,18-19H2,1H3,(H,33,34)(H2,35,36,37)/t24-,25?,26-,27+,28+/m0/s1. The van der Waals surface area contributed by atoms with Crippen molar-refractivity contribution in [2.75, 3.05) is 32.1 Å². The molecule has 45 heavy (non-hydrogen) atoms. The van der Waals surface area contributed by atoms with Crippen molar-refractivity contribution in [1.82, 2.24) is 9.37 Å². The normalized spacial score (nSPS) is 23.6. The molecule has 1 saturated carbocycles. The van der Waals surface area contributed by atoms with Crippen molar-refractivity contribution in [3.63, 3.8) is 0 Å². The van der Waals surface area contributed by atoms with Crippen LogP contribution < -0.4 is 5.32 Å². The number of carbonyl (C=O) groups is 1. The van der Waals surface area contributed by atoms with Crippen molar-refractivity contribution in [2.24, 2.45) is 5.92 Å². The zero-order valence-electron chi connectivity index (χ0n) is 24.9. The highest BCUT2D eigenvalue weighted by molar-refractivity contribution is 7.89. The molecule has 1 amide bonds. The molecule has 0 aromatic heterocycles. The number of carboxylic acid groups (broad SMARTS) is 1. The van der Waals surface area contributed by atoms with Crippen LogP contribution in [0.4, 0.5) is 10.5 Å². The van der Waals surface area contributed by atoms with E-state index in [0.717, 1.165) is 17.7 Å². The van der Waals surface area contributed by atoms with Crippen molar-refractivity contribution in [1.29, 1.82) is 0 Å². The van der Waals surface area contributed by atoms with Crippen LogP contribution in [-0.2, 0) is 39.8 Å². The van der Waals surface area contributed by atoms with Crippen LogP contribution in [0.25, 0.3) is 0 Å². The van der Waals surface area contributed by atoms with Gasteiger partial charge in [0.1, 0.15) is 6.10 Å². The van der Waals surface area contributed by atoms with Crippen molar-refractivity contribution >= 4 is 29.6 Å². The van der Waals surface area contributed by atoms with Crippen molar-refractivity contribution in [3.8, 4) is 0 Å². The Bertz CT molecular complexity index is 1450. The van der Waals surface area contributed by atoms with Gasteiger partial charge in [0.05, 0.1) is 42.8 Å². The van der Waals surface area contributed by atoms with Crippen molar-refractivity contribution < 1.29 is 51.5 Å². The quantitative estimate of drug-likeness (QED) is 0.170. The fraction of sp³-hybridized carbons (Fsp3) is 0.552. The Balaban J connectivity index is 1.58. The molecular formula is C29H40N3O11PS. The average Bonchev–Trinajstić information content (AvgIpc) is 3.76. The van der Waals surface area contributed by atoms with Gasteiger partial charge in [-0.3, -0.25) is 14.3 Å². The summed E-state index contributed by atoms with van der Waals surface area (Å²) in [5, 5.41) is 13.5. The first-order chi connectivity index (χ1) is 21.5. The summed E-state index contributed by atoms with van der Waals surface area (Å²) in [4.78, 5) is 40.3.